The van der Waals surface area contributed by atoms with E-state index in [0.29, 0.717) is 5.39 Å². The number of fused-ring (bicyclic) bond motifs is 1. The second-order valence-corrected chi connectivity index (χ2v) is 3.25. The molecule has 5 heteroatoms. The van der Waals surface area contributed by atoms with Gasteiger partial charge in [-0.1, -0.05) is 23.7 Å². The summed E-state index contributed by atoms with van der Waals surface area (Å²) in [5.41, 5.74) is 1.99. The van der Waals surface area contributed by atoms with Crippen molar-refractivity contribution >= 4 is 30.2 Å². The molecule has 2 aromatic rings. The van der Waals surface area contributed by atoms with E-state index in [1.807, 2.05) is 20.0 Å². The summed E-state index contributed by atoms with van der Waals surface area (Å²) in [6, 6.07) is 5.53. The van der Waals surface area contributed by atoms with Crippen LogP contribution in [-0.4, -0.2) is 28.7 Å². The fourth-order valence-corrected chi connectivity index (χ4v) is 1.61. The van der Waals surface area contributed by atoms with Crippen LogP contribution in [0.4, 0.5) is 0 Å². The number of benzene rings is 1. The fourth-order valence-electron chi connectivity index (χ4n) is 1.61. The highest BCUT2D eigenvalue weighted by Crippen LogP contribution is 2.15. The Hall–Kier alpha value is -1.78. The number of hydrogen-bond acceptors (Lipinski definition) is 2. The van der Waals surface area contributed by atoms with Gasteiger partial charge in [-0.3, -0.25) is 4.68 Å². The Morgan fingerprint density at radius 1 is 1.57 bits per heavy atom. The summed E-state index contributed by atoms with van der Waals surface area (Å²) < 4.78 is 1.40. The van der Waals surface area contributed by atoms with E-state index in [1.54, 1.807) is 13.1 Å². The minimum Gasteiger partial charge on any atom is -0.477 e. The summed E-state index contributed by atoms with van der Waals surface area (Å²) in [7, 11) is 3.56. The van der Waals surface area contributed by atoms with Gasteiger partial charge >= 0.3 is 5.97 Å². The number of carboxylic acids is 1. The molecule has 0 amide bonds. The highest BCUT2D eigenvalue weighted by Gasteiger charge is 2.15. The van der Waals surface area contributed by atoms with E-state index in [9.17, 15) is 4.79 Å². The zero-order valence-electron chi connectivity index (χ0n) is 7.98. The lowest BCUT2D eigenvalue weighted by Crippen LogP contribution is -2.05. The van der Waals surface area contributed by atoms with Crippen LogP contribution in [0.1, 0.15) is 10.5 Å². The maximum atomic E-state index is 10.9. The van der Waals surface area contributed by atoms with Gasteiger partial charge < -0.3 is 5.11 Å². The Labute approximate surface area is 81.6 Å². The molecule has 1 N–H and O–H groups in total. The molecule has 0 atom stereocenters. The van der Waals surface area contributed by atoms with Gasteiger partial charge in [-0.2, -0.15) is 5.10 Å². The van der Waals surface area contributed by atoms with Gasteiger partial charge in [-0.25, -0.2) is 4.79 Å². The van der Waals surface area contributed by atoms with Crippen LogP contribution in [0.25, 0.3) is 10.9 Å². The van der Waals surface area contributed by atoms with E-state index >= 15 is 0 Å². The van der Waals surface area contributed by atoms with Crippen LogP contribution in [0.3, 0.4) is 0 Å². The van der Waals surface area contributed by atoms with Crippen molar-refractivity contribution in [2.24, 2.45) is 7.05 Å². The monoisotopic (exact) mass is 188 g/mol. The van der Waals surface area contributed by atoms with E-state index in [4.69, 9.17) is 5.11 Å². The predicted octanol–water partition coefficient (Wildman–Crippen LogP) is -0.470. The number of hydrogen-bond donors (Lipinski definition) is 1. The molecular weight excluding hydrogens is 179 g/mol. The fraction of sp³-hybridized carbons (Fsp3) is 0.111. The summed E-state index contributed by atoms with van der Waals surface area (Å²) in [6.45, 7) is 0. The lowest BCUT2D eigenvalue weighted by molar-refractivity contribution is 0.0687. The molecule has 2 rings (SSSR count). The van der Waals surface area contributed by atoms with Crippen LogP contribution in [-0.2, 0) is 7.05 Å². The van der Waals surface area contributed by atoms with Crippen LogP contribution in [0.2, 0.25) is 0 Å². The van der Waals surface area contributed by atoms with Gasteiger partial charge in [0.2, 0.25) is 0 Å². The molecule has 70 valence electrons. The standard InChI is InChI=1S/C9H9BN2O2/c1-12-8(9(13)14)5-3-2-4-6(10)7(5)11-12/h2-4H,10H2,1H3,(H,13,14). The quantitative estimate of drug-likeness (QED) is 0.615. The number of carbonyl (C=O) groups is 1. The Balaban J connectivity index is 2.90. The Morgan fingerprint density at radius 3 is 2.93 bits per heavy atom. The molecular formula is C9H9BN2O2. The molecule has 0 spiro atoms. The first-order valence-electron chi connectivity index (χ1n) is 4.27. The molecule has 0 bridgehead atoms. The van der Waals surface area contributed by atoms with Crippen molar-refractivity contribution in [1.29, 1.82) is 0 Å². The summed E-state index contributed by atoms with van der Waals surface area (Å²) in [6.07, 6.45) is 0. The SMILES string of the molecule is Bc1cccc2c(C(=O)O)n(C)nc12. The first kappa shape index (κ1) is 8.81. The Kier molecular flexibility index (Phi) is 1.80. The molecule has 0 fully saturated rings. The van der Waals surface area contributed by atoms with Crippen LogP contribution in [0, 0.1) is 0 Å². The minimum atomic E-state index is -0.944. The van der Waals surface area contributed by atoms with Crippen molar-refractivity contribution < 1.29 is 9.90 Å². The van der Waals surface area contributed by atoms with Crippen molar-refractivity contribution in [3.8, 4) is 0 Å². The molecule has 14 heavy (non-hydrogen) atoms. The normalized spacial score (nSPS) is 10.6. The van der Waals surface area contributed by atoms with Gasteiger partial charge in [0.15, 0.2) is 5.69 Å². The maximum absolute atomic E-state index is 10.9. The summed E-state index contributed by atoms with van der Waals surface area (Å²) in [5, 5.41) is 13.8. The van der Waals surface area contributed by atoms with Crippen LogP contribution < -0.4 is 5.46 Å². The van der Waals surface area contributed by atoms with Crippen molar-refractivity contribution in [3.63, 3.8) is 0 Å². The third-order valence-electron chi connectivity index (χ3n) is 2.27. The van der Waals surface area contributed by atoms with Crippen LogP contribution in [0.15, 0.2) is 18.2 Å². The number of nitrogens with zero attached hydrogens (tertiary/aromatic N) is 2. The topological polar surface area (TPSA) is 55.1 Å². The number of aromatic nitrogens is 2. The van der Waals surface area contributed by atoms with E-state index in [1.165, 1.54) is 4.68 Å². The van der Waals surface area contributed by atoms with E-state index in [-0.39, 0.29) is 5.69 Å². The molecule has 0 saturated heterocycles. The first-order valence-corrected chi connectivity index (χ1v) is 4.27. The van der Waals surface area contributed by atoms with Crippen molar-refractivity contribution in [2.75, 3.05) is 0 Å². The molecule has 0 aliphatic heterocycles. The molecule has 4 nitrogen and oxygen atoms in total. The lowest BCUT2D eigenvalue weighted by atomic mass is 9.93. The largest absolute Gasteiger partial charge is 0.477 e. The van der Waals surface area contributed by atoms with Crippen molar-refractivity contribution in [2.45, 2.75) is 0 Å². The van der Waals surface area contributed by atoms with Gasteiger partial charge in [0.25, 0.3) is 0 Å². The molecule has 0 aliphatic carbocycles. The Morgan fingerprint density at radius 2 is 2.29 bits per heavy atom. The first-order chi connectivity index (χ1) is 6.61. The molecule has 1 aromatic heterocycles. The summed E-state index contributed by atoms with van der Waals surface area (Å²) >= 11 is 0. The molecule has 0 radical (unpaired) electrons. The minimum absolute atomic E-state index is 0.240. The van der Waals surface area contributed by atoms with Gasteiger partial charge in [-0.05, 0) is 0 Å². The lowest BCUT2D eigenvalue weighted by Gasteiger charge is -1.94. The summed E-state index contributed by atoms with van der Waals surface area (Å²) in [5.74, 6) is -0.944. The second kappa shape index (κ2) is 2.87. The number of carboxylic acid groups (broad SMARTS) is 1. The van der Waals surface area contributed by atoms with E-state index < -0.39 is 5.97 Å². The third kappa shape index (κ3) is 1.09. The van der Waals surface area contributed by atoms with E-state index in [0.717, 1.165) is 11.0 Å². The number of aromatic carboxylic acids is 1. The highest BCUT2D eigenvalue weighted by atomic mass is 16.4. The molecule has 1 heterocycles. The average molecular weight is 188 g/mol. The number of aryl methyl sites for hydroxylation is 1. The van der Waals surface area contributed by atoms with Gasteiger partial charge in [0.1, 0.15) is 7.85 Å². The third-order valence-corrected chi connectivity index (χ3v) is 2.27. The highest BCUT2D eigenvalue weighted by molar-refractivity contribution is 6.38. The average Bonchev–Trinajstić information content (AvgIpc) is 2.42. The van der Waals surface area contributed by atoms with Gasteiger partial charge in [-0.15, -0.1) is 0 Å². The maximum Gasteiger partial charge on any atom is 0.354 e. The van der Waals surface area contributed by atoms with Gasteiger partial charge in [0, 0.05) is 12.4 Å². The van der Waals surface area contributed by atoms with Gasteiger partial charge in [0.05, 0.1) is 5.52 Å². The van der Waals surface area contributed by atoms with E-state index in [2.05, 4.69) is 5.10 Å². The second-order valence-electron chi connectivity index (χ2n) is 3.25. The molecule has 0 saturated carbocycles. The van der Waals surface area contributed by atoms with Crippen molar-refractivity contribution in [1.82, 2.24) is 9.78 Å². The zero-order chi connectivity index (χ0) is 10.3. The van der Waals surface area contributed by atoms with Crippen molar-refractivity contribution in [3.05, 3.63) is 23.9 Å². The molecule has 0 unspecified atom stereocenters. The van der Waals surface area contributed by atoms with Crippen LogP contribution >= 0.6 is 0 Å². The predicted molar refractivity (Wildman–Crippen MR) is 55.9 cm³/mol. The summed E-state index contributed by atoms with van der Waals surface area (Å²) in [4.78, 5) is 10.9. The number of rotatable bonds is 1. The molecule has 0 aliphatic rings. The molecule has 1 aromatic carbocycles. The zero-order valence-corrected chi connectivity index (χ0v) is 7.98. The Bertz CT molecular complexity index is 519. The van der Waals surface area contributed by atoms with Crippen LogP contribution in [0.5, 0.6) is 0 Å². The smallest absolute Gasteiger partial charge is 0.354 e.